The maximum atomic E-state index is 11.0. The Kier molecular flexibility index (Phi) is 5.24. The summed E-state index contributed by atoms with van der Waals surface area (Å²) < 4.78 is 6.23. The molecule has 0 fully saturated rings. The van der Waals surface area contributed by atoms with Gasteiger partial charge in [0.05, 0.1) is 11.5 Å². The van der Waals surface area contributed by atoms with Gasteiger partial charge in [-0.2, -0.15) is 5.10 Å². The third-order valence-electron chi connectivity index (χ3n) is 2.37. The van der Waals surface area contributed by atoms with Gasteiger partial charge in [0.15, 0.2) is 0 Å². The van der Waals surface area contributed by atoms with Crippen molar-refractivity contribution in [2.24, 2.45) is 7.05 Å². The topological polar surface area (TPSA) is 120 Å². The normalized spacial score (nSPS) is 10.4. The molecule has 1 heterocycles. The molecule has 2 N–H and O–H groups in total. The average molecular weight is 272 g/mol. The standard InChI is InChI=1S/C10H16N4O5/c1-3-7-9(14(17)18)10(13(2)12-7)11-4-5-19-6-8(15)16/h11H,3-6H2,1-2H3,(H,15,16). The molecule has 0 atom stereocenters. The van der Waals surface area contributed by atoms with Crippen LogP contribution in [0.2, 0.25) is 0 Å². The first-order valence-corrected chi connectivity index (χ1v) is 5.71. The Labute approximate surface area is 109 Å². The number of hydrogen-bond donors (Lipinski definition) is 2. The average Bonchev–Trinajstić information content (AvgIpc) is 2.65. The SMILES string of the molecule is CCc1nn(C)c(NCCOCC(=O)O)c1[N+](=O)[O-]. The molecule has 0 saturated carbocycles. The maximum Gasteiger partial charge on any atom is 0.333 e. The molecule has 0 bridgehead atoms. The van der Waals surface area contributed by atoms with Gasteiger partial charge < -0.3 is 15.2 Å². The Morgan fingerprint density at radius 1 is 1.63 bits per heavy atom. The van der Waals surface area contributed by atoms with Crippen molar-refractivity contribution in [3.8, 4) is 0 Å². The summed E-state index contributed by atoms with van der Waals surface area (Å²) >= 11 is 0. The van der Waals surface area contributed by atoms with Crippen LogP contribution in [-0.2, 0) is 23.0 Å². The molecule has 9 nitrogen and oxygen atoms in total. The summed E-state index contributed by atoms with van der Waals surface area (Å²) in [5.74, 6) is -0.763. The van der Waals surface area contributed by atoms with E-state index in [4.69, 9.17) is 9.84 Å². The number of carboxylic acid groups (broad SMARTS) is 1. The molecule has 106 valence electrons. The number of rotatable bonds is 8. The fraction of sp³-hybridized carbons (Fsp3) is 0.600. The molecule has 0 aliphatic rings. The molecule has 19 heavy (non-hydrogen) atoms. The molecule has 0 aliphatic carbocycles. The lowest BCUT2D eigenvalue weighted by atomic mass is 10.3. The van der Waals surface area contributed by atoms with E-state index in [1.165, 1.54) is 4.68 Å². The minimum Gasteiger partial charge on any atom is -0.480 e. The summed E-state index contributed by atoms with van der Waals surface area (Å²) in [6.07, 6.45) is 0.460. The highest BCUT2D eigenvalue weighted by atomic mass is 16.6. The van der Waals surface area contributed by atoms with Crippen LogP contribution in [-0.4, -0.2) is 45.5 Å². The Bertz CT molecular complexity index is 471. The van der Waals surface area contributed by atoms with Crippen LogP contribution < -0.4 is 5.32 Å². The summed E-state index contributed by atoms with van der Waals surface area (Å²) in [4.78, 5) is 20.7. The Balaban J connectivity index is 2.64. The molecule has 0 unspecified atom stereocenters. The van der Waals surface area contributed by atoms with Crippen molar-refractivity contribution in [2.45, 2.75) is 13.3 Å². The van der Waals surface area contributed by atoms with Gasteiger partial charge in [0.1, 0.15) is 12.3 Å². The Morgan fingerprint density at radius 2 is 2.32 bits per heavy atom. The molecule has 0 spiro atoms. The van der Waals surface area contributed by atoms with Crippen LogP contribution in [0.25, 0.3) is 0 Å². The molecule has 9 heteroatoms. The number of hydrogen-bond acceptors (Lipinski definition) is 6. The van der Waals surface area contributed by atoms with Crippen molar-refractivity contribution in [2.75, 3.05) is 25.1 Å². The minimum atomic E-state index is -1.06. The van der Waals surface area contributed by atoms with Crippen molar-refractivity contribution >= 4 is 17.5 Å². The molecule has 1 rings (SSSR count). The van der Waals surface area contributed by atoms with Gasteiger partial charge in [-0.05, 0) is 6.42 Å². The number of ether oxygens (including phenoxy) is 1. The Hall–Kier alpha value is -2.16. The van der Waals surface area contributed by atoms with Crippen LogP contribution in [0.1, 0.15) is 12.6 Å². The smallest absolute Gasteiger partial charge is 0.333 e. The van der Waals surface area contributed by atoms with Gasteiger partial charge in [0.25, 0.3) is 0 Å². The highest BCUT2D eigenvalue weighted by molar-refractivity contribution is 5.68. The third kappa shape index (κ3) is 3.91. The van der Waals surface area contributed by atoms with Crippen LogP contribution in [0.15, 0.2) is 0 Å². The zero-order chi connectivity index (χ0) is 14.4. The van der Waals surface area contributed by atoms with E-state index in [9.17, 15) is 14.9 Å². The maximum absolute atomic E-state index is 11.0. The summed E-state index contributed by atoms with van der Waals surface area (Å²) in [6, 6.07) is 0. The van der Waals surface area contributed by atoms with Crippen LogP contribution in [0.4, 0.5) is 11.5 Å². The summed E-state index contributed by atoms with van der Waals surface area (Å²) in [6.45, 7) is 1.79. The number of nitrogens with zero attached hydrogens (tertiary/aromatic N) is 3. The van der Waals surface area contributed by atoms with Gasteiger partial charge >= 0.3 is 11.7 Å². The van der Waals surface area contributed by atoms with E-state index >= 15 is 0 Å². The second kappa shape index (κ2) is 6.69. The number of nitrogens with one attached hydrogen (secondary N) is 1. The molecule has 0 aliphatic heterocycles. The van der Waals surface area contributed by atoms with Gasteiger partial charge in [-0.1, -0.05) is 6.92 Å². The number of aliphatic carboxylic acids is 1. The first kappa shape index (κ1) is 14.9. The predicted octanol–water partition coefficient (Wildman–Crippen LogP) is 0.404. The van der Waals surface area contributed by atoms with Crippen LogP contribution in [0, 0.1) is 10.1 Å². The lowest BCUT2D eigenvalue weighted by Gasteiger charge is -2.05. The van der Waals surface area contributed by atoms with Crippen molar-refractivity contribution < 1.29 is 19.6 Å². The van der Waals surface area contributed by atoms with Crippen LogP contribution in [0.3, 0.4) is 0 Å². The first-order chi connectivity index (χ1) is 8.97. The lowest BCUT2D eigenvalue weighted by Crippen LogP contribution is -2.16. The van der Waals surface area contributed by atoms with Crippen LogP contribution >= 0.6 is 0 Å². The second-order valence-corrected chi connectivity index (χ2v) is 3.75. The van der Waals surface area contributed by atoms with E-state index in [1.54, 1.807) is 14.0 Å². The third-order valence-corrected chi connectivity index (χ3v) is 2.37. The van der Waals surface area contributed by atoms with Gasteiger partial charge in [-0.3, -0.25) is 10.1 Å². The Morgan fingerprint density at radius 3 is 2.84 bits per heavy atom. The number of aromatic nitrogens is 2. The lowest BCUT2D eigenvalue weighted by molar-refractivity contribution is -0.384. The highest BCUT2D eigenvalue weighted by Gasteiger charge is 2.25. The number of carboxylic acids is 1. The van der Waals surface area contributed by atoms with E-state index < -0.39 is 17.5 Å². The fourth-order valence-electron chi connectivity index (χ4n) is 1.60. The molecular weight excluding hydrogens is 256 g/mol. The number of aryl methyl sites for hydroxylation is 2. The largest absolute Gasteiger partial charge is 0.480 e. The molecule has 0 aromatic carbocycles. The summed E-state index contributed by atoms with van der Waals surface area (Å²) in [7, 11) is 1.60. The molecule has 1 aromatic heterocycles. The van der Waals surface area contributed by atoms with Crippen molar-refractivity contribution in [3.05, 3.63) is 15.8 Å². The first-order valence-electron chi connectivity index (χ1n) is 5.71. The molecule has 0 radical (unpaired) electrons. The molecule has 0 amide bonds. The minimum absolute atomic E-state index is 0.0526. The second-order valence-electron chi connectivity index (χ2n) is 3.75. The van der Waals surface area contributed by atoms with Gasteiger partial charge in [0, 0.05) is 13.6 Å². The monoisotopic (exact) mass is 272 g/mol. The van der Waals surface area contributed by atoms with Crippen molar-refractivity contribution in [3.63, 3.8) is 0 Å². The fourth-order valence-corrected chi connectivity index (χ4v) is 1.60. The predicted molar refractivity (Wildman–Crippen MR) is 66.2 cm³/mol. The number of anilines is 1. The summed E-state index contributed by atoms with van der Waals surface area (Å²) in [5, 5.41) is 26.3. The number of carbonyl (C=O) groups is 1. The van der Waals surface area contributed by atoms with Crippen molar-refractivity contribution in [1.82, 2.24) is 9.78 Å². The van der Waals surface area contributed by atoms with Gasteiger partial charge in [0.2, 0.25) is 5.82 Å². The molecule has 0 saturated heterocycles. The van der Waals surface area contributed by atoms with E-state index in [0.29, 0.717) is 17.9 Å². The quantitative estimate of drug-likeness (QED) is 0.399. The van der Waals surface area contributed by atoms with E-state index in [-0.39, 0.29) is 18.8 Å². The van der Waals surface area contributed by atoms with E-state index in [2.05, 4.69) is 10.4 Å². The van der Waals surface area contributed by atoms with Crippen LogP contribution in [0.5, 0.6) is 0 Å². The van der Waals surface area contributed by atoms with Gasteiger partial charge in [-0.15, -0.1) is 0 Å². The molecular formula is C10H16N4O5. The molecule has 1 aromatic rings. The zero-order valence-corrected chi connectivity index (χ0v) is 10.8. The van der Waals surface area contributed by atoms with Crippen molar-refractivity contribution in [1.29, 1.82) is 0 Å². The zero-order valence-electron chi connectivity index (χ0n) is 10.8. The van der Waals surface area contributed by atoms with Gasteiger partial charge in [-0.25, -0.2) is 9.48 Å². The summed E-state index contributed by atoms with van der Waals surface area (Å²) in [5.41, 5.74) is 0.352. The number of nitro groups is 1. The highest BCUT2D eigenvalue weighted by Crippen LogP contribution is 2.27. The van der Waals surface area contributed by atoms with E-state index in [0.717, 1.165) is 0 Å². The van der Waals surface area contributed by atoms with E-state index in [1.807, 2.05) is 0 Å².